The molecule has 0 bridgehead atoms. The van der Waals surface area contributed by atoms with Gasteiger partial charge >= 0.3 is 0 Å². The van der Waals surface area contributed by atoms with Crippen LogP contribution in [0.4, 0.5) is 0 Å². The van der Waals surface area contributed by atoms with E-state index in [1.165, 1.54) is 38.4 Å². The number of nitrogens with one attached hydrogen (secondary N) is 1. The lowest BCUT2D eigenvalue weighted by atomic mass is 10.1. The standard InChI is InChI=1S/C20H21N3O4S/c1-4-18-17(16-10-5-6-11-19(16)27-18)13-21-22-20(24)14-8-7-9-15(12-14)28(25,26)23(2)3/h5-13H,4H2,1-3H3,(H,22,24)/b21-13-. The number of aryl methyl sites for hydroxylation is 1. The molecule has 0 saturated carbocycles. The minimum Gasteiger partial charge on any atom is -0.460 e. The Balaban J connectivity index is 1.82. The van der Waals surface area contributed by atoms with Gasteiger partial charge in [-0.05, 0) is 24.3 Å². The summed E-state index contributed by atoms with van der Waals surface area (Å²) in [6.07, 6.45) is 2.23. The van der Waals surface area contributed by atoms with E-state index in [9.17, 15) is 13.2 Å². The molecule has 1 heterocycles. The summed E-state index contributed by atoms with van der Waals surface area (Å²) in [5, 5.41) is 4.94. The highest BCUT2D eigenvalue weighted by Gasteiger charge is 2.18. The lowest BCUT2D eigenvalue weighted by molar-refractivity contribution is 0.0955. The molecular formula is C20H21N3O4S. The van der Waals surface area contributed by atoms with Crippen molar-refractivity contribution in [2.45, 2.75) is 18.2 Å². The van der Waals surface area contributed by atoms with Crippen LogP contribution in [-0.2, 0) is 16.4 Å². The van der Waals surface area contributed by atoms with Gasteiger partial charge in [0.05, 0.1) is 11.1 Å². The van der Waals surface area contributed by atoms with Crippen LogP contribution in [0.15, 0.2) is 62.9 Å². The molecule has 0 fully saturated rings. The Morgan fingerprint density at radius 3 is 2.64 bits per heavy atom. The lowest BCUT2D eigenvalue weighted by Gasteiger charge is -2.11. The molecule has 2 aromatic carbocycles. The number of hydrazone groups is 1. The van der Waals surface area contributed by atoms with E-state index in [1.807, 2.05) is 31.2 Å². The van der Waals surface area contributed by atoms with Crippen molar-refractivity contribution < 1.29 is 17.6 Å². The number of benzene rings is 2. The van der Waals surface area contributed by atoms with Gasteiger partial charge in [0.15, 0.2) is 0 Å². The molecule has 7 nitrogen and oxygen atoms in total. The number of rotatable bonds is 6. The first-order valence-electron chi connectivity index (χ1n) is 8.71. The number of hydrogen-bond acceptors (Lipinski definition) is 5. The van der Waals surface area contributed by atoms with Crippen LogP contribution in [0, 0.1) is 0 Å². The first-order chi connectivity index (χ1) is 13.3. The third-order valence-corrected chi connectivity index (χ3v) is 6.08. The first kappa shape index (κ1) is 19.8. The molecule has 0 aliphatic carbocycles. The van der Waals surface area contributed by atoms with E-state index < -0.39 is 15.9 Å². The molecule has 0 radical (unpaired) electrons. The molecule has 28 heavy (non-hydrogen) atoms. The number of carbonyl (C=O) groups is 1. The van der Waals surface area contributed by atoms with Crippen LogP contribution in [0.3, 0.4) is 0 Å². The van der Waals surface area contributed by atoms with Gasteiger partial charge in [-0.15, -0.1) is 0 Å². The van der Waals surface area contributed by atoms with Gasteiger partial charge in [-0.2, -0.15) is 5.10 Å². The van der Waals surface area contributed by atoms with Crippen LogP contribution in [0.5, 0.6) is 0 Å². The van der Waals surface area contributed by atoms with Crippen LogP contribution < -0.4 is 5.43 Å². The van der Waals surface area contributed by atoms with Crippen molar-refractivity contribution in [3.63, 3.8) is 0 Å². The average molecular weight is 399 g/mol. The van der Waals surface area contributed by atoms with Gasteiger partial charge in [0.2, 0.25) is 10.0 Å². The zero-order chi connectivity index (χ0) is 20.3. The van der Waals surface area contributed by atoms with E-state index in [1.54, 1.807) is 6.21 Å². The predicted octanol–water partition coefficient (Wildman–Crippen LogP) is 3.01. The largest absolute Gasteiger partial charge is 0.460 e. The van der Waals surface area contributed by atoms with Gasteiger partial charge in [-0.1, -0.05) is 31.2 Å². The summed E-state index contributed by atoms with van der Waals surface area (Å²) in [6.45, 7) is 1.98. The Morgan fingerprint density at radius 1 is 1.18 bits per heavy atom. The second-order valence-electron chi connectivity index (χ2n) is 6.30. The van der Waals surface area contributed by atoms with Crippen LogP contribution in [0.1, 0.15) is 28.6 Å². The number of carbonyl (C=O) groups excluding carboxylic acids is 1. The number of para-hydroxylation sites is 1. The molecule has 0 atom stereocenters. The maximum absolute atomic E-state index is 12.4. The van der Waals surface area contributed by atoms with Crippen molar-refractivity contribution in [2.75, 3.05) is 14.1 Å². The lowest BCUT2D eigenvalue weighted by Crippen LogP contribution is -2.23. The van der Waals surface area contributed by atoms with Gasteiger partial charge < -0.3 is 4.42 Å². The van der Waals surface area contributed by atoms with Crippen LogP contribution in [0.2, 0.25) is 0 Å². The predicted molar refractivity (Wildman–Crippen MR) is 108 cm³/mol. The van der Waals surface area contributed by atoms with E-state index in [2.05, 4.69) is 10.5 Å². The second-order valence-corrected chi connectivity index (χ2v) is 8.45. The third-order valence-electron chi connectivity index (χ3n) is 4.27. The highest BCUT2D eigenvalue weighted by molar-refractivity contribution is 7.89. The molecule has 0 spiro atoms. The Kier molecular flexibility index (Phi) is 5.62. The summed E-state index contributed by atoms with van der Waals surface area (Å²) < 4.78 is 31.3. The van der Waals surface area contributed by atoms with E-state index >= 15 is 0 Å². The molecule has 1 aromatic heterocycles. The van der Waals surface area contributed by atoms with Gasteiger partial charge in [-0.25, -0.2) is 18.1 Å². The number of amides is 1. The maximum atomic E-state index is 12.4. The summed E-state index contributed by atoms with van der Waals surface area (Å²) in [5.74, 6) is 0.274. The number of hydrogen-bond donors (Lipinski definition) is 1. The third kappa shape index (κ3) is 3.83. The Bertz CT molecular complexity index is 1150. The summed E-state index contributed by atoms with van der Waals surface area (Å²) >= 11 is 0. The van der Waals surface area contributed by atoms with E-state index in [4.69, 9.17) is 4.42 Å². The van der Waals surface area contributed by atoms with Gasteiger partial charge in [0, 0.05) is 37.0 Å². The molecule has 3 rings (SSSR count). The van der Waals surface area contributed by atoms with Crippen LogP contribution >= 0.6 is 0 Å². The fraction of sp³-hybridized carbons (Fsp3) is 0.200. The molecule has 8 heteroatoms. The molecule has 1 N–H and O–H groups in total. The minimum absolute atomic E-state index is 0.0447. The van der Waals surface area contributed by atoms with Crippen LogP contribution in [-0.4, -0.2) is 38.9 Å². The molecule has 1 amide bonds. The quantitative estimate of drug-likeness (QED) is 0.509. The molecule has 146 valence electrons. The zero-order valence-electron chi connectivity index (χ0n) is 15.8. The number of sulfonamides is 1. The van der Waals surface area contributed by atoms with Crippen molar-refractivity contribution in [3.05, 3.63) is 65.4 Å². The van der Waals surface area contributed by atoms with Crippen molar-refractivity contribution in [3.8, 4) is 0 Å². The highest BCUT2D eigenvalue weighted by atomic mass is 32.2. The topological polar surface area (TPSA) is 92.0 Å². The minimum atomic E-state index is -3.62. The smallest absolute Gasteiger partial charge is 0.271 e. The molecule has 3 aromatic rings. The van der Waals surface area contributed by atoms with Gasteiger partial charge in [-0.3, -0.25) is 4.79 Å². The van der Waals surface area contributed by atoms with Crippen LogP contribution in [0.25, 0.3) is 11.0 Å². The first-order valence-corrected chi connectivity index (χ1v) is 10.1. The molecule has 0 unspecified atom stereocenters. The van der Waals surface area contributed by atoms with Crippen molar-refractivity contribution >= 4 is 33.1 Å². The maximum Gasteiger partial charge on any atom is 0.271 e. The fourth-order valence-electron chi connectivity index (χ4n) is 2.75. The SMILES string of the molecule is CCc1oc2ccccc2c1/C=N\NC(=O)c1cccc(S(=O)(=O)N(C)C)c1. The summed E-state index contributed by atoms with van der Waals surface area (Å²) in [7, 11) is -0.745. The van der Waals surface area contributed by atoms with Crippen molar-refractivity contribution in [1.82, 2.24) is 9.73 Å². The Labute approximate surface area is 163 Å². The van der Waals surface area contributed by atoms with Gasteiger partial charge in [0.1, 0.15) is 11.3 Å². The summed E-state index contributed by atoms with van der Waals surface area (Å²) in [6, 6.07) is 13.4. The highest BCUT2D eigenvalue weighted by Crippen LogP contribution is 2.24. The monoisotopic (exact) mass is 399 g/mol. The van der Waals surface area contributed by atoms with E-state index in [-0.39, 0.29) is 10.5 Å². The second kappa shape index (κ2) is 7.95. The Hall–Kier alpha value is -2.97. The van der Waals surface area contributed by atoms with Crippen molar-refractivity contribution in [2.24, 2.45) is 5.10 Å². The zero-order valence-corrected chi connectivity index (χ0v) is 16.7. The van der Waals surface area contributed by atoms with E-state index in [0.29, 0.717) is 6.42 Å². The van der Waals surface area contributed by atoms with Gasteiger partial charge in [0.25, 0.3) is 5.91 Å². The molecule has 0 saturated heterocycles. The molecule has 0 aliphatic heterocycles. The molecular weight excluding hydrogens is 378 g/mol. The summed E-state index contributed by atoms with van der Waals surface area (Å²) in [4.78, 5) is 12.4. The summed E-state index contributed by atoms with van der Waals surface area (Å²) in [5.41, 5.74) is 4.21. The molecule has 0 aliphatic rings. The normalized spacial score (nSPS) is 12.1. The van der Waals surface area contributed by atoms with Crippen molar-refractivity contribution in [1.29, 1.82) is 0 Å². The number of fused-ring (bicyclic) bond motifs is 1. The average Bonchev–Trinajstić information content (AvgIpc) is 3.05. The number of nitrogens with zero attached hydrogens (tertiary/aromatic N) is 2. The number of furan rings is 1. The fourth-order valence-corrected chi connectivity index (χ4v) is 3.70. The Morgan fingerprint density at radius 2 is 1.93 bits per heavy atom. The van der Waals surface area contributed by atoms with E-state index in [0.717, 1.165) is 26.6 Å².